The van der Waals surface area contributed by atoms with Gasteiger partial charge in [-0.25, -0.2) is 4.79 Å². The van der Waals surface area contributed by atoms with E-state index in [2.05, 4.69) is 10.5 Å². The smallest absolute Gasteiger partial charge is 0.335 e. The first kappa shape index (κ1) is 14.6. The number of aromatic carboxylic acids is 1. The molecule has 5 heteroatoms. The van der Waals surface area contributed by atoms with Gasteiger partial charge in [-0.15, -0.1) is 0 Å². The molecule has 0 saturated heterocycles. The summed E-state index contributed by atoms with van der Waals surface area (Å²) in [4.78, 5) is 12.8. The van der Waals surface area contributed by atoms with Gasteiger partial charge in [0.05, 0.1) is 17.5 Å². The molecule has 21 heavy (non-hydrogen) atoms. The zero-order chi connectivity index (χ0) is 15.2. The Balaban J connectivity index is 1.97. The molecule has 0 saturated carbocycles. The third kappa shape index (κ3) is 4.07. The van der Waals surface area contributed by atoms with Crippen molar-refractivity contribution in [2.24, 2.45) is 5.10 Å². The lowest BCUT2D eigenvalue weighted by atomic mass is 10.2. The first-order valence-corrected chi connectivity index (χ1v) is 6.46. The molecule has 0 aliphatic rings. The Bertz CT molecular complexity index is 632. The van der Waals surface area contributed by atoms with Crippen molar-refractivity contribution in [1.29, 1.82) is 0 Å². The van der Waals surface area contributed by atoms with E-state index in [4.69, 9.17) is 5.11 Å². The minimum atomic E-state index is -0.939. The Morgan fingerprint density at radius 3 is 2.24 bits per heavy atom. The van der Waals surface area contributed by atoms with Gasteiger partial charge in [0.15, 0.2) is 0 Å². The van der Waals surface area contributed by atoms with Crippen LogP contribution in [0.3, 0.4) is 0 Å². The van der Waals surface area contributed by atoms with Crippen molar-refractivity contribution in [1.82, 2.24) is 0 Å². The molecule has 0 amide bonds. The Labute approximate surface area is 123 Å². The van der Waals surface area contributed by atoms with E-state index in [-0.39, 0.29) is 5.56 Å². The zero-order valence-electron chi connectivity index (χ0n) is 11.9. The minimum absolute atomic E-state index is 0.254. The van der Waals surface area contributed by atoms with Gasteiger partial charge >= 0.3 is 5.97 Å². The van der Waals surface area contributed by atoms with Crippen LogP contribution in [-0.4, -0.2) is 31.4 Å². The summed E-state index contributed by atoms with van der Waals surface area (Å²) < 4.78 is 0. The molecule has 0 fully saturated rings. The highest BCUT2D eigenvalue weighted by atomic mass is 16.4. The Hall–Kier alpha value is -2.82. The molecule has 0 radical (unpaired) electrons. The molecule has 0 spiro atoms. The summed E-state index contributed by atoms with van der Waals surface area (Å²) in [5.74, 6) is -0.939. The topological polar surface area (TPSA) is 64.9 Å². The van der Waals surface area contributed by atoms with Crippen LogP contribution in [-0.2, 0) is 0 Å². The molecule has 2 N–H and O–H groups in total. The van der Waals surface area contributed by atoms with Crippen molar-refractivity contribution < 1.29 is 9.90 Å². The standard InChI is InChI=1S/C16H17N3O2/c1-19(2)15-9-3-12(4-10-15)11-17-18-14-7-5-13(6-8-14)16(20)21/h3-11,18H,1-2H3,(H,20,21)/b17-11+. The molecular weight excluding hydrogens is 266 g/mol. The molecule has 0 unspecified atom stereocenters. The second kappa shape index (κ2) is 6.56. The molecule has 108 valence electrons. The van der Waals surface area contributed by atoms with E-state index in [9.17, 15) is 4.79 Å². The molecule has 0 heterocycles. The SMILES string of the molecule is CN(C)c1ccc(/C=N/Nc2ccc(C(=O)O)cc2)cc1. The minimum Gasteiger partial charge on any atom is -0.478 e. The molecular formula is C16H17N3O2. The number of hydrogen-bond acceptors (Lipinski definition) is 4. The van der Waals surface area contributed by atoms with Crippen LogP contribution < -0.4 is 10.3 Å². The predicted molar refractivity (Wildman–Crippen MR) is 85.4 cm³/mol. The van der Waals surface area contributed by atoms with Crippen LogP contribution in [0.4, 0.5) is 11.4 Å². The number of hydrazone groups is 1. The number of benzene rings is 2. The van der Waals surface area contributed by atoms with Gasteiger partial charge in [-0.3, -0.25) is 5.43 Å². The normalized spacial score (nSPS) is 10.6. The van der Waals surface area contributed by atoms with Gasteiger partial charge in [-0.05, 0) is 42.0 Å². The monoisotopic (exact) mass is 283 g/mol. The maximum Gasteiger partial charge on any atom is 0.335 e. The molecule has 2 aromatic rings. The molecule has 0 aromatic heterocycles. The van der Waals surface area contributed by atoms with E-state index >= 15 is 0 Å². The van der Waals surface area contributed by atoms with Crippen molar-refractivity contribution in [2.45, 2.75) is 0 Å². The molecule has 0 atom stereocenters. The third-order valence-corrected chi connectivity index (χ3v) is 2.95. The van der Waals surface area contributed by atoms with Crippen molar-refractivity contribution in [2.75, 3.05) is 24.4 Å². The first-order chi connectivity index (χ1) is 10.1. The van der Waals surface area contributed by atoms with E-state index in [1.165, 1.54) is 12.1 Å². The summed E-state index contributed by atoms with van der Waals surface area (Å²) in [5.41, 5.74) is 5.96. The van der Waals surface area contributed by atoms with E-state index in [0.29, 0.717) is 0 Å². The summed E-state index contributed by atoms with van der Waals surface area (Å²) in [7, 11) is 3.98. The summed E-state index contributed by atoms with van der Waals surface area (Å²) in [6.45, 7) is 0. The third-order valence-electron chi connectivity index (χ3n) is 2.95. The quantitative estimate of drug-likeness (QED) is 0.654. The highest BCUT2D eigenvalue weighted by molar-refractivity contribution is 5.88. The number of carboxylic acids is 1. The van der Waals surface area contributed by atoms with Gasteiger partial charge < -0.3 is 10.0 Å². The van der Waals surface area contributed by atoms with E-state index in [1.807, 2.05) is 43.3 Å². The maximum atomic E-state index is 10.7. The molecule has 5 nitrogen and oxygen atoms in total. The number of hydrogen-bond donors (Lipinski definition) is 2. The fourth-order valence-corrected chi connectivity index (χ4v) is 1.73. The Kier molecular flexibility index (Phi) is 4.56. The van der Waals surface area contributed by atoms with Crippen molar-refractivity contribution in [3.8, 4) is 0 Å². The summed E-state index contributed by atoms with van der Waals surface area (Å²) >= 11 is 0. The van der Waals surface area contributed by atoms with Crippen LogP contribution in [0.15, 0.2) is 53.6 Å². The van der Waals surface area contributed by atoms with Gasteiger partial charge in [0.25, 0.3) is 0 Å². The Morgan fingerprint density at radius 1 is 1.10 bits per heavy atom. The number of carbonyl (C=O) groups is 1. The van der Waals surface area contributed by atoms with E-state index in [0.717, 1.165) is 16.9 Å². The maximum absolute atomic E-state index is 10.7. The summed E-state index contributed by atoms with van der Waals surface area (Å²) in [6, 6.07) is 14.4. The molecule has 2 rings (SSSR count). The summed E-state index contributed by atoms with van der Waals surface area (Å²) in [5, 5.41) is 12.9. The molecule has 2 aromatic carbocycles. The predicted octanol–water partition coefficient (Wildman–Crippen LogP) is 2.90. The molecule has 0 bridgehead atoms. The highest BCUT2D eigenvalue weighted by Crippen LogP contribution is 2.12. The van der Waals surface area contributed by atoms with Crippen LogP contribution in [0.2, 0.25) is 0 Å². The van der Waals surface area contributed by atoms with Gasteiger partial charge in [0, 0.05) is 19.8 Å². The number of anilines is 2. The highest BCUT2D eigenvalue weighted by Gasteiger charge is 2.00. The van der Waals surface area contributed by atoms with Crippen LogP contribution in [0, 0.1) is 0 Å². The fraction of sp³-hybridized carbons (Fsp3) is 0.125. The van der Waals surface area contributed by atoms with E-state index < -0.39 is 5.97 Å². The number of nitrogens with zero attached hydrogens (tertiary/aromatic N) is 2. The Morgan fingerprint density at radius 2 is 1.71 bits per heavy atom. The van der Waals surface area contributed by atoms with Crippen LogP contribution in [0.5, 0.6) is 0 Å². The molecule has 0 aliphatic heterocycles. The van der Waals surface area contributed by atoms with Gasteiger partial charge in [-0.2, -0.15) is 5.10 Å². The number of carboxylic acid groups (broad SMARTS) is 1. The van der Waals surface area contributed by atoms with Gasteiger partial charge in [-0.1, -0.05) is 12.1 Å². The summed E-state index contributed by atoms with van der Waals surface area (Å²) in [6.07, 6.45) is 1.71. The van der Waals surface area contributed by atoms with E-state index in [1.54, 1.807) is 18.3 Å². The second-order valence-electron chi connectivity index (χ2n) is 4.74. The lowest BCUT2D eigenvalue weighted by Crippen LogP contribution is -2.08. The second-order valence-corrected chi connectivity index (χ2v) is 4.74. The number of rotatable bonds is 5. The van der Waals surface area contributed by atoms with Crippen molar-refractivity contribution >= 4 is 23.6 Å². The largest absolute Gasteiger partial charge is 0.478 e. The van der Waals surface area contributed by atoms with Crippen molar-refractivity contribution in [3.63, 3.8) is 0 Å². The zero-order valence-corrected chi connectivity index (χ0v) is 11.9. The first-order valence-electron chi connectivity index (χ1n) is 6.46. The number of nitrogens with one attached hydrogen (secondary N) is 1. The average molecular weight is 283 g/mol. The fourth-order valence-electron chi connectivity index (χ4n) is 1.73. The van der Waals surface area contributed by atoms with Crippen LogP contribution in [0.25, 0.3) is 0 Å². The average Bonchev–Trinajstić information content (AvgIpc) is 2.48. The van der Waals surface area contributed by atoms with Crippen LogP contribution >= 0.6 is 0 Å². The van der Waals surface area contributed by atoms with Gasteiger partial charge in [0.1, 0.15) is 0 Å². The lowest BCUT2D eigenvalue weighted by Gasteiger charge is -2.11. The van der Waals surface area contributed by atoms with Gasteiger partial charge in [0.2, 0.25) is 0 Å². The lowest BCUT2D eigenvalue weighted by molar-refractivity contribution is 0.0697. The van der Waals surface area contributed by atoms with Crippen LogP contribution in [0.1, 0.15) is 15.9 Å². The molecule has 0 aliphatic carbocycles. The van der Waals surface area contributed by atoms with Crippen molar-refractivity contribution in [3.05, 3.63) is 59.7 Å².